The van der Waals surface area contributed by atoms with Crippen molar-refractivity contribution in [3.05, 3.63) is 24.3 Å². The molecule has 2 N–H and O–H groups in total. The molecule has 2 fully saturated rings. The zero-order valence-electron chi connectivity index (χ0n) is 12.1. The van der Waals surface area contributed by atoms with Crippen molar-refractivity contribution in [3.8, 4) is 5.75 Å². The van der Waals surface area contributed by atoms with Crippen LogP contribution in [0.25, 0.3) is 0 Å². The lowest BCUT2D eigenvalue weighted by atomic mass is 10.2. The summed E-state index contributed by atoms with van der Waals surface area (Å²) in [5.74, 6) is 0.912. The fourth-order valence-electron chi connectivity index (χ4n) is 2.98. The van der Waals surface area contributed by atoms with Crippen molar-refractivity contribution in [2.45, 2.75) is 50.7 Å². The van der Waals surface area contributed by atoms with Gasteiger partial charge in [-0.1, -0.05) is 6.07 Å². The summed E-state index contributed by atoms with van der Waals surface area (Å²) in [6.45, 7) is 0.933. The van der Waals surface area contributed by atoms with E-state index in [1.165, 1.54) is 12.8 Å². The minimum atomic E-state index is -0.0468. The Hall–Kier alpha value is -1.26. The normalized spacial score (nSPS) is 21.8. The number of halogens is 1. The first-order valence-electron chi connectivity index (χ1n) is 7.62. The molecule has 1 aliphatic carbocycles. The highest BCUT2D eigenvalue weighted by Gasteiger charge is 2.22. The van der Waals surface area contributed by atoms with E-state index >= 15 is 0 Å². The molecule has 2 aliphatic rings. The molecule has 0 radical (unpaired) electrons. The number of rotatable bonds is 4. The fourth-order valence-corrected chi connectivity index (χ4v) is 2.98. The van der Waals surface area contributed by atoms with Crippen molar-refractivity contribution in [2.75, 3.05) is 11.9 Å². The van der Waals surface area contributed by atoms with Gasteiger partial charge in [-0.25, -0.2) is 0 Å². The van der Waals surface area contributed by atoms with Crippen LogP contribution in [0.4, 0.5) is 5.69 Å². The first-order chi connectivity index (χ1) is 9.81. The average molecular weight is 311 g/mol. The van der Waals surface area contributed by atoms with Crippen LogP contribution < -0.4 is 15.4 Å². The maximum absolute atomic E-state index is 12.1. The second-order valence-corrected chi connectivity index (χ2v) is 5.69. The molecule has 5 heteroatoms. The van der Waals surface area contributed by atoms with Crippen LogP contribution in [0, 0.1) is 0 Å². The Labute approximate surface area is 132 Å². The second kappa shape index (κ2) is 7.66. The van der Waals surface area contributed by atoms with E-state index in [1.54, 1.807) is 0 Å². The van der Waals surface area contributed by atoms with Gasteiger partial charge in [0.25, 0.3) is 0 Å². The van der Waals surface area contributed by atoms with E-state index in [4.69, 9.17) is 4.74 Å². The molecule has 0 spiro atoms. The van der Waals surface area contributed by atoms with Gasteiger partial charge in [-0.2, -0.15) is 0 Å². The molecule has 1 aromatic carbocycles. The van der Waals surface area contributed by atoms with Crippen LogP contribution in [0.15, 0.2) is 24.3 Å². The molecule has 3 rings (SSSR count). The number of hydrogen-bond acceptors (Lipinski definition) is 3. The van der Waals surface area contributed by atoms with E-state index in [0.717, 1.165) is 43.7 Å². The average Bonchev–Trinajstić information content (AvgIpc) is 3.12. The van der Waals surface area contributed by atoms with Gasteiger partial charge in [-0.15, -0.1) is 12.4 Å². The Morgan fingerprint density at radius 1 is 1.19 bits per heavy atom. The zero-order valence-corrected chi connectivity index (χ0v) is 13.0. The Balaban J connectivity index is 0.00000161. The van der Waals surface area contributed by atoms with Crippen LogP contribution in [-0.4, -0.2) is 24.6 Å². The third-order valence-corrected chi connectivity index (χ3v) is 4.08. The number of anilines is 1. The van der Waals surface area contributed by atoms with Gasteiger partial charge in [0.2, 0.25) is 5.91 Å². The monoisotopic (exact) mass is 310 g/mol. The topological polar surface area (TPSA) is 50.4 Å². The fraction of sp³-hybridized carbons (Fsp3) is 0.562. The van der Waals surface area contributed by atoms with Crippen LogP contribution in [-0.2, 0) is 4.79 Å². The van der Waals surface area contributed by atoms with Crippen molar-refractivity contribution in [3.63, 3.8) is 0 Å². The molecule has 1 heterocycles. The summed E-state index contributed by atoms with van der Waals surface area (Å²) in [5.41, 5.74) is 0.819. The molecular weight excluding hydrogens is 288 g/mol. The van der Waals surface area contributed by atoms with Gasteiger partial charge in [0.15, 0.2) is 0 Å². The Morgan fingerprint density at radius 2 is 2.00 bits per heavy atom. The lowest BCUT2D eigenvalue weighted by molar-refractivity contribution is -0.117. The summed E-state index contributed by atoms with van der Waals surface area (Å²) >= 11 is 0. The Kier molecular flexibility index (Phi) is 5.88. The lowest BCUT2D eigenvalue weighted by Crippen LogP contribution is -2.35. The van der Waals surface area contributed by atoms with Gasteiger partial charge < -0.3 is 15.4 Å². The van der Waals surface area contributed by atoms with E-state index in [1.807, 2.05) is 24.3 Å². The van der Waals surface area contributed by atoms with Crippen molar-refractivity contribution in [1.82, 2.24) is 5.32 Å². The smallest absolute Gasteiger partial charge is 0.241 e. The van der Waals surface area contributed by atoms with E-state index in [2.05, 4.69) is 10.6 Å². The van der Waals surface area contributed by atoms with Crippen LogP contribution in [0.5, 0.6) is 5.75 Å². The number of benzene rings is 1. The van der Waals surface area contributed by atoms with Gasteiger partial charge in [0.1, 0.15) is 5.75 Å². The lowest BCUT2D eigenvalue weighted by Gasteiger charge is -2.15. The molecule has 21 heavy (non-hydrogen) atoms. The molecule has 1 saturated carbocycles. The molecule has 1 aliphatic heterocycles. The van der Waals surface area contributed by atoms with Crippen LogP contribution in [0.2, 0.25) is 0 Å². The van der Waals surface area contributed by atoms with E-state index < -0.39 is 0 Å². The molecule has 116 valence electrons. The number of hydrogen-bond donors (Lipinski definition) is 2. The summed E-state index contributed by atoms with van der Waals surface area (Å²) in [5, 5.41) is 6.17. The van der Waals surface area contributed by atoms with E-state index in [0.29, 0.717) is 6.10 Å². The summed E-state index contributed by atoms with van der Waals surface area (Å²) in [6.07, 6.45) is 7.14. The third kappa shape index (κ3) is 4.35. The van der Waals surface area contributed by atoms with Crippen LogP contribution >= 0.6 is 12.4 Å². The summed E-state index contributed by atoms with van der Waals surface area (Å²) < 4.78 is 5.96. The largest absolute Gasteiger partial charge is 0.490 e. The molecule has 0 bridgehead atoms. The second-order valence-electron chi connectivity index (χ2n) is 5.69. The van der Waals surface area contributed by atoms with Crippen molar-refractivity contribution < 1.29 is 9.53 Å². The van der Waals surface area contributed by atoms with Crippen LogP contribution in [0.1, 0.15) is 38.5 Å². The van der Waals surface area contributed by atoms with Gasteiger partial charge in [-0.05, 0) is 57.2 Å². The minimum absolute atomic E-state index is 0. The predicted octanol–water partition coefficient (Wildman–Crippen LogP) is 3.12. The van der Waals surface area contributed by atoms with Crippen molar-refractivity contribution in [1.29, 1.82) is 0 Å². The van der Waals surface area contributed by atoms with Gasteiger partial charge >= 0.3 is 0 Å². The maximum Gasteiger partial charge on any atom is 0.241 e. The highest BCUT2D eigenvalue weighted by molar-refractivity contribution is 5.95. The predicted molar refractivity (Wildman–Crippen MR) is 86.2 cm³/mol. The first-order valence-corrected chi connectivity index (χ1v) is 7.62. The molecule has 0 aromatic heterocycles. The number of nitrogens with one attached hydrogen (secondary N) is 2. The third-order valence-electron chi connectivity index (χ3n) is 4.08. The maximum atomic E-state index is 12.1. The Morgan fingerprint density at radius 3 is 2.71 bits per heavy atom. The standard InChI is InChI=1S/C16H22N2O2.ClH/c19-16(15-9-4-10-17-15)18-12-5-3-8-14(11-12)20-13-6-1-2-7-13;/h3,5,8,11,13,15,17H,1-2,4,6-7,9-10H2,(H,18,19);1H. The first kappa shape index (κ1) is 16.1. The SMILES string of the molecule is Cl.O=C(Nc1cccc(OC2CCCC2)c1)C1CCCN1. The highest BCUT2D eigenvalue weighted by Crippen LogP contribution is 2.25. The molecule has 1 aromatic rings. The minimum Gasteiger partial charge on any atom is -0.490 e. The highest BCUT2D eigenvalue weighted by atomic mass is 35.5. The number of amides is 1. The molecule has 1 unspecified atom stereocenters. The number of ether oxygens (including phenoxy) is 1. The van der Waals surface area contributed by atoms with E-state index in [-0.39, 0.29) is 24.4 Å². The molecule has 1 amide bonds. The summed E-state index contributed by atoms with van der Waals surface area (Å²) in [7, 11) is 0. The molecule has 4 nitrogen and oxygen atoms in total. The van der Waals surface area contributed by atoms with Crippen molar-refractivity contribution in [2.24, 2.45) is 0 Å². The Bertz CT molecular complexity index is 469. The number of carbonyl (C=O) groups is 1. The van der Waals surface area contributed by atoms with Gasteiger partial charge in [0.05, 0.1) is 12.1 Å². The van der Waals surface area contributed by atoms with Gasteiger partial charge in [0, 0.05) is 11.8 Å². The molecular formula is C16H23ClN2O2. The zero-order chi connectivity index (χ0) is 13.8. The number of carbonyl (C=O) groups excluding carboxylic acids is 1. The van der Waals surface area contributed by atoms with Gasteiger partial charge in [-0.3, -0.25) is 4.79 Å². The molecule has 1 atom stereocenters. The van der Waals surface area contributed by atoms with Crippen LogP contribution in [0.3, 0.4) is 0 Å². The quantitative estimate of drug-likeness (QED) is 0.898. The summed E-state index contributed by atoms with van der Waals surface area (Å²) in [4.78, 5) is 12.1. The van der Waals surface area contributed by atoms with Crippen molar-refractivity contribution >= 4 is 24.0 Å². The van der Waals surface area contributed by atoms with E-state index in [9.17, 15) is 4.79 Å². The summed E-state index contributed by atoms with van der Waals surface area (Å²) in [6, 6.07) is 7.68. The molecule has 1 saturated heterocycles.